The van der Waals surface area contributed by atoms with Gasteiger partial charge in [0.25, 0.3) is 0 Å². The van der Waals surface area contributed by atoms with Crippen molar-refractivity contribution in [2.75, 3.05) is 6.61 Å². The molecular formula is C28H44OSi. The van der Waals surface area contributed by atoms with Crippen LogP contribution in [-0.4, -0.2) is 14.7 Å². The fraction of sp³-hybridized carbons (Fsp3) is 0.571. The van der Waals surface area contributed by atoms with Crippen LogP contribution in [0.3, 0.4) is 0 Å². The van der Waals surface area contributed by atoms with Crippen molar-refractivity contribution in [3.63, 3.8) is 0 Å². The second-order valence-corrected chi connectivity index (χ2v) is 13.7. The molecule has 0 bridgehead atoms. The number of benzene rings is 1. The minimum Gasteiger partial charge on any atom is -0.489 e. The summed E-state index contributed by atoms with van der Waals surface area (Å²) in [4.78, 5) is 0. The summed E-state index contributed by atoms with van der Waals surface area (Å²) >= 11 is 0. The normalized spacial score (nSPS) is 13.9. The summed E-state index contributed by atoms with van der Waals surface area (Å²) in [5, 5.41) is 1.57. The van der Waals surface area contributed by atoms with Crippen LogP contribution in [0.4, 0.5) is 0 Å². The summed E-state index contributed by atoms with van der Waals surface area (Å²) < 4.78 is 6.47. The van der Waals surface area contributed by atoms with E-state index in [-0.39, 0.29) is 0 Å². The van der Waals surface area contributed by atoms with E-state index in [9.17, 15) is 0 Å². The molecule has 1 aliphatic rings. The molecular weight excluding hydrogens is 380 g/mol. The molecule has 166 valence electrons. The predicted molar refractivity (Wildman–Crippen MR) is 137 cm³/mol. The molecule has 0 amide bonds. The number of rotatable bonds is 15. The average Bonchev–Trinajstić information content (AvgIpc) is 3.30. The molecule has 0 heterocycles. The number of hydrogen-bond donors (Lipinski definition) is 0. The fourth-order valence-corrected chi connectivity index (χ4v) is 9.67. The van der Waals surface area contributed by atoms with Crippen LogP contribution in [0.1, 0.15) is 77.3 Å². The maximum Gasteiger partial charge on any atom is 0.122 e. The largest absolute Gasteiger partial charge is 0.489 e. The van der Waals surface area contributed by atoms with Gasteiger partial charge in [-0.3, -0.25) is 0 Å². The molecule has 30 heavy (non-hydrogen) atoms. The lowest BCUT2D eigenvalue weighted by molar-refractivity contribution is 0.361. The summed E-state index contributed by atoms with van der Waals surface area (Å²) in [5.41, 5.74) is 3.55. The van der Waals surface area contributed by atoms with Gasteiger partial charge in [0.2, 0.25) is 0 Å². The number of ether oxygens (including phenoxy) is 1. The van der Waals surface area contributed by atoms with Gasteiger partial charge in [-0.2, -0.15) is 0 Å². The predicted octanol–water partition coefficient (Wildman–Crippen LogP) is 7.91. The van der Waals surface area contributed by atoms with E-state index in [0.29, 0.717) is 12.1 Å². The molecule has 1 nitrogen and oxygen atoms in total. The van der Waals surface area contributed by atoms with Crippen molar-refractivity contribution in [1.82, 2.24) is 0 Å². The summed E-state index contributed by atoms with van der Waals surface area (Å²) in [7, 11) is -1.77. The minimum atomic E-state index is -1.77. The van der Waals surface area contributed by atoms with Gasteiger partial charge in [-0.05, 0) is 47.5 Å². The first-order chi connectivity index (χ1) is 14.7. The third kappa shape index (κ3) is 6.00. The third-order valence-electron chi connectivity index (χ3n) is 6.87. The molecule has 0 aromatic heterocycles. The maximum atomic E-state index is 6.47. The highest BCUT2D eigenvalue weighted by molar-refractivity contribution is 6.94. The monoisotopic (exact) mass is 424 g/mol. The van der Waals surface area contributed by atoms with Gasteiger partial charge in [-0.15, -0.1) is 0 Å². The number of hydrogen-bond acceptors (Lipinski definition) is 1. The molecule has 0 spiro atoms. The maximum absolute atomic E-state index is 6.47. The van der Waals surface area contributed by atoms with E-state index in [0.717, 1.165) is 6.42 Å². The Morgan fingerprint density at radius 3 is 2.10 bits per heavy atom. The zero-order valence-corrected chi connectivity index (χ0v) is 21.0. The molecule has 1 aromatic rings. The minimum absolute atomic E-state index is 0.577. The lowest BCUT2D eigenvalue weighted by atomic mass is 10.00. The van der Waals surface area contributed by atoms with Gasteiger partial charge in [0.15, 0.2) is 0 Å². The molecule has 0 atom stereocenters. The van der Waals surface area contributed by atoms with Crippen molar-refractivity contribution < 1.29 is 4.74 Å². The molecule has 0 unspecified atom stereocenters. The standard InChI is InChI=1S/C28H44OSi/c1-6-11-13-17-24-22-25(18-14-12-7-2)28(29-21-8-3)27(23-24)30(9-4,10-5)26-19-15-16-20-26/h8,15-16,19-20,22-23,26H,3,6-7,9-14,17-18,21H2,1-2,4-5H3. The smallest absolute Gasteiger partial charge is 0.122 e. The van der Waals surface area contributed by atoms with Crippen molar-refractivity contribution in [2.45, 2.75) is 96.7 Å². The molecule has 0 saturated carbocycles. The summed E-state index contributed by atoms with van der Waals surface area (Å²) in [6.07, 6.45) is 21.2. The SMILES string of the molecule is C=CCOc1c(CCCCC)cc(CCCCC)cc1[Si](CC)(CC)C1C=CC=C1. The lowest BCUT2D eigenvalue weighted by Gasteiger charge is -2.37. The molecule has 2 heteroatoms. The first-order valence-electron chi connectivity index (χ1n) is 12.4. The van der Waals surface area contributed by atoms with Crippen LogP contribution in [0.5, 0.6) is 5.75 Å². The van der Waals surface area contributed by atoms with Crippen LogP contribution in [-0.2, 0) is 12.8 Å². The van der Waals surface area contributed by atoms with E-state index < -0.39 is 8.07 Å². The van der Waals surface area contributed by atoms with Gasteiger partial charge in [-0.25, -0.2) is 0 Å². The van der Waals surface area contributed by atoms with Gasteiger partial charge < -0.3 is 4.74 Å². The first kappa shape index (κ1) is 24.7. The Bertz CT molecular complexity index is 700. The van der Waals surface area contributed by atoms with Crippen molar-refractivity contribution >= 4 is 13.3 Å². The zero-order valence-electron chi connectivity index (χ0n) is 20.0. The van der Waals surface area contributed by atoms with Gasteiger partial charge in [0, 0.05) is 0 Å². The molecule has 1 aromatic carbocycles. The quantitative estimate of drug-likeness (QED) is 0.158. The van der Waals surface area contributed by atoms with E-state index >= 15 is 0 Å². The van der Waals surface area contributed by atoms with E-state index in [1.54, 1.807) is 5.19 Å². The van der Waals surface area contributed by atoms with Crippen LogP contribution in [0.25, 0.3) is 0 Å². The third-order valence-corrected chi connectivity index (χ3v) is 12.5. The Labute approximate surface area is 187 Å². The van der Waals surface area contributed by atoms with Crippen LogP contribution < -0.4 is 9.92 Å². The fourth-order valence-electron chi connectivity index (χ4n) is 4.99. The van der Waals surface area contributed by atoms with Crippen molar-refractivity contribution in [3.8, 4) is 5.75 Å². The molecule has 0 aliphatic heterocycles. The molecule has 0 radical (unpaired) electrons. The highest BCUT2D eigenvalue weighted by atomic mass is 28.3. The van der Waals surface area contributed by atoms with Gasteiger partial charge >= 0.3 is 0 Å². The second kappa shape index (κ2) is 13.0. The van der Waals surface area contributed by atoms with Gasteiger partial charge in [0.1, 0.15) is 20.4 Å². The van der Waals surface area contributed by atoms with Crippen LogP contribution in [0.2, 0.25) is 17.6 Å². The number of allylic oxidation sites excluding steroid dienone is 4. The Kier molecular flexibility index (Phi) is 10.7. The summed E-state index contributed by atoms with van der Waals surface area (Å²) in [5.74, 6) is 1.20. The topological polar surface area (TPSA) is 9.23 Å². The van der Waals surface area contributed by atoms with Crippen LogP contribution in [0, 0.1) is 0 Å². The molecule has 2 rings (SSSR count). The molecule has 0 fully saturated rings. The summed E-state index contributed by atoms with van der Waals surface area (Å²) in [6, 6.07) is 7.52. The van der Waals surface area contributed by atoms with E-state index in [4.69, 9.17) is 4.74 Å². The van der Waals surface area contributed by atoms with Crippen molar-refractivity contribution in [3.05, 3.63) is 60.2 Å². The zero-order chi connectivity index (χ0) is 21.8. The van der Waals surface area contributed by atoms with E-state index in [2.05, 4.69) is 70.7 Å². The summed E-state index contributed by atoms with van der Waals surface area (Å²) in [6.45, 7) is 13.9. The Balaban J connectivity index is 2.59. The Morgan fingerprint density at radius 2 is 1.53 bits per heavy atom. The average molecular weight is 425 g/mol. The molecule has 1 aliphatic carbocycles. The van der Waals surface area contributed by atoms with Crippen molar-refractivity contribution in [2.24, 2.45) is 0 Å². The Hall–Kier alpha value is -1.54. The van der Waals surface area contributed by atoms with Crippen LogP contribution in [0.15, 0.2) is 49.1 Å². The highest BCUT2D eigenvalue weighted by Gasteiger charge is 2.41. The highest BCUT2D eigenvalue weighted by Crippen LogP contribution is 2.38. The Morgan fingerprint density at radius 1 is 0.900 bits per heavy atom. The second-order valence-electron chi connectivity index (χ2n) is 8.80. The van der Waals surface area contributed by atoms with E-state index in [1.165, 1.54) is 73.9 Å². The number of unbranched alkanes of at least 4 members (excludes halogenated alkanes) is 4. The van der Waals surface area contributed by atoms with Gasteiger partial charge in [0.05, 0.1) is 0 Å². The van der Waals surface area contributed by atoms with E-state index in [1.807, 2.05) is 6.08 Å². The molecule has 0 N–H and O–H groups in total. The van der Waals surface area contributed by atoms with Gasteiger partial charge in [-0.1, -0.05) is 115 Å². The first-order valence-corrected chi connectivity index (χ1v) is 14.9. The van der Waals surface area contributed by atoms with Crippen molar-refractivity contribution in [1.29, 1.82) is 0 Å². The van der Waals surface area contributed by atoms with Crippen LogP contribution >= 0.6 is 0 Å². The lowest BCUT2D eigenvalue weighted by Crippen LogP contribution is -2.50. The molecule has 0 saturated heterocycles. The number of aryl methyl sites for hydroxylation is 2.